The SMILES string of the molecule is CNc1ncnc(SC)n1. The van der Waals surface area contributed by atoms with Crippen LogP contribution in [0.4, 0.5) is 5.95 Å². The van der Waals surface area contributed by atoms with Crippen LogP contribution in [0.15, 0.2) is 11.5 Å². The van der Waals surface area contributed by atoms with E-state index in [4.69, 9.17) is 0 Å². The van der Waals surface area contributed by atoms with Crippen LogP contribution in [0, 0.1) is 0 Å². The molecule has 0 atom stereocenters. The smallest absolute Gasteiger partial charge is 0.226 e. The van der Waals surface area contributed by atoms with Crippen LogP contribution in [0.2, 0.25) is 0 Å². The Morgan fingerprint density at radius 1 is 1.50 bits per heavy atom. The second-order valence-corrected chi connectivity index (χ2v) is 2.32. The molecule has 54 valence electrons. The van der Waals surface area contributed by atoms with Crippen LogP contribution in [0.25, 0.3) is 0 Å². The molecule has 10 heavy (non-hydrogen) atoms. The second-order valence-electron chi connectivity index (χ2n) is 1.55. The lowest BCUT2D eigenvalue weighted by Crippen LogP contribution is -1.97. The van der Waals surface area contributed by atoms with Crippen molar-refractivity contribution in [1.82, 2.24) is 15.0 Å². The normalized spacial score (nSPS) is 9.40. The highest BCUT2D eigenvalue weighted by atomic mass is 32.2. The predicted octanol–water partition coefficient (Wildman–Crippen LogP) is 0.635. The maximum absolute atomic E-state index is 4.04. The lowest BCUT2D eigenvalue weighted by molar-refractivity contribution is 0.910. The fourth-order valence-corrected chi connectivity index (χ4v) is 0.830. The summed E-state index contributed by atoms with van der Waals surface area (Å²) in [7, 11) is 1.78. The van der Waals surface area contributed by atoms with Crippen LogP contribution in [-0.2, 0) is 0 Å². The lowest BCUT2D eigenvalue weighted by atomic mass is 10.9. The Labute approximate surface area is 63.5 Å². The first-order valence-electron chi connectivity index (χ1n) is 2.77. The number of aromatic nitrogens is 3. The molecular weight excluding hydrogens is 148 g/mol. The van der Waals surface area contributed by atoms with E-state index in [0.29, 0.717) is 5.95 Å². The van der Waals surface area contributed by atoms with Crippen molar-refractivity contribution in [2.24, 2.45) is 0 Å². The van der Waals surface area contributed by atoms with Crippen molar-refractivity contribution in [3.63, 3.8) is 0 Å². The Morgan fingerprint density at radius 2 is 2.30 bits per heavy atom. The minimum atomic E-state index is 0.611. The molecule has 0 aliphatic carbocycles. The molecule has 0 spiro atoms. The summed E-state index contributed by atoms with van der Waals surface area (Å²) < 4.78 is 0. The monoisotopic (exact) mass is 156 g/mol. The molecule has 1 N–H and O–H groups in total. The van der Waals surface area contributed by atoms with Gasteiger partial charge in [-0.25, -0.2) is 9.97 Å². The van der Waals surface area contributed by atoms with E-state index >= 15 is 0 Å². The van der Waals surface area contributed by atoms with E-state index in [9.17, 15) is 0 Å². The molecule has 0 saturated heterocycles. The third kappa shape index (κ3) is 1.57. The van der Waals surface area contributed by atoms with Crippen molar-refractivity contribution in [2.75, 3.05) is 18.6 Å². The van der Waals surface area contributed by atoms with Crippen molar-refractivity contribution in [2.45, 2.75) is 5.16 Å². The molecule has 0 unspecified atom stereocenters. The second kappa shape index (κ2) is 3.36. The number of hydrogen-bond acceptors (Lipinski definition) is 5. The van der Waals surface area contributed by atoms with Gasteiger partial charge in [-0.3, -0.25) is 0 Å². The number of anilines is 1. The number of rotatable bonds is 2. The standard InChI is InChI=1S/C5H8N4S/c1-6-4-7-3-8-5(9-4)10-2/h3H,1-2H3,(H,6,7,8,9). The maximum Gasteiger partial charge on any atom is 0.226 e. The molecule has 4 nitrogen and oxygen atoms in total. The van der Waals surface area contributed by atoms with Gasteiger partial charge in [-0.1, -0.05) is 11.8 Å². The zero-order valence-electron chi connectivity index (χ0n) is 5.83. The Hall–Kier alpha value is -0.840. The molecule has 0 aliphatic heterocycles. The first-order chi connectivity index (χ1) is 4.86. The maximum atomic E-state index is 4.04. The Bertz CT molecular complexity index is 195. The van der Waals surface area contributed by atoms with Gasteiger partial charge in [0.15, 0.2) is 5.16 Å². The van der Waals surface area contributed by atoms with E-state index in [1.54, 1.807) is 7.05 Å². The molecule has 0 fully saturated rings. The van der Waals surface area contributed by atoms with E-state index < -0.39 is 0 Å². The Balaban J connectivity index is 2.87. The number of hydrogen-bond donors (Lipinski definition) is 1. The number of nitrogens with one attached hydrogen (secondary N) is 1. The summed E-state index contributed by atoms with van der Waals surface area (Å²) in [6.45, 7) is 0. The van der Waals surface area contributed by atoms with Gasteiger partial charge in [-0.15, -0.1) is 0 Å². The third-order valence-electron chi connectivity index (χ3n) is 0.956. The van der Waals surface area contributed by atoms with E-state index in [-0.39, 0.29) is 0 Å². The Morgan fingerprint density at radius 3 is 2.90 bits per heavy atom. The first kappa shape index (κ1) is 7.27. The van der Waals surface area contributed by atoms with Gasteiger partial charge in [0.25, 0.3) is 0 Å². The summed E-state index contributed by atoms with van der Waals surface area (Å²) >= 11 is 1.50. The largest absolute Gasteiger partial charge is 0.357 e. The van der Waals surface area contributed by atoms with Crippen LogP contribution < -0.4 is 5.32 Å². The van der Waals surface area contributed by atoms with Gasteiger partial charge in [-0.05, 0) is 6.26 Å². The summed E-state index contributed by atoms with van der Waals surface area (Å²) in [5.74, 6) is 0.611. The molecular formula is C5H8N4S. The molecule has 0 amide bonds. The molecule has 0 aromatic carbocycles. The average molecular weight is 156 g/mol. The summed E-state index contributed by atoms with van der Waals surface area (Å²) in [5, 5.41) is 3.56. The summed E-state index contributed by atoms with van der Waals surface area (Å²) in [5.41, 5.74) is 0. The summed E-state index contributed by atoms with van der Waals surface area (Å²) in [6, 6.07) is 0. The highest BCUT2D eigenvalue weighted by molar-refractivity contribution is 7.98. The van der Waals surface area contributed by atoms with Crippen LogP contribution in [0.3, 0.4) is 0 Å². The molecule has 5 heteroatoms. The molecule has 0 bridgehead atoms. The van der Waals surface area contributed by atoms with E-state index in [1.807, 2.05) is 6.26 Å². The highest BCUT2D eigenvalue weighted by Gasteiger charge is 1.94. The van der Waals surface area contributed by atoms with Gasteiger partial charge in [0.1, 0.15) is 6.33 Å². The van der Waals surface area contributed by atoms with Crippen molar-refractivity contribution in [3.05, 3.63) is 6.33 Å². The molecule has 0 radical (unpaired) electrons. The minimum Gasteiger partial charge on any atom is -0.357 e. The van der Waals surface area contributed by atoms with Gasteiger partial charge < -0.3 is 5.32 Å². The number of thioether (sulfide) groups is 1. The van der Waals surface area contributed by atoms with Crippen molar-refractivity contribution in [3.8, 4) is 0 Å². The molecule has 0 saturated carbocycles. The quantitative estimate of drug-likeness (QED) is 0.637. The molecule has 1 rings (SSSR count). The van der Waals surface area contributed by atoms with E-state index in [2.05, 4.69) is 20.3 Å². The predicted molar refractivity (Wildman–Crippen MR) is 41.2 cm³/mol. The van der Waals surface area contributed by atoms with Gasteiger partial charge in [-0.2, -0.15) is 4.98 Å². The third-order valence-corrected chi connectivity index (χ3v) is 1.52. The highest BCUT2D eigenvalue weighted by Crippen LogP contribution is 2.06. The molecule has 1 heterocycles. The minimum absolute atomic E-state index is 0.611. The zero-order valence-corrected chi connectivity index (χ0v) is 6.64. The van der Waals surface area contributed by atoms with Gasteiger partial charge in [0.05, 0.1) is 0 Å². The average Bonchev–Trinajstić information content (AvgIpc) is 2.05. The van der Waals surface area contributed by atoms with Gasteiger partial charge in [0, 0.05) is 7.05 Å². The van der Waals surface area contributed by atoms with Crippen molar-refractivity contribution < 1.29 is 0 Å². The van der Waals surface area contributed by atoms with Crippen LogP contribution in [-0.4, -0.2) is 28.3 Å². The summed E-state index contributed by atoms with van der Waals surface area (Å²) in [6.07, 6.45) is 3.42. The van der Waals surface area contributed by atoms with Crippen molar-refractivity contribution >= 4 is 17.7 Å². The zero-order chi connectivity index (χ0) is 7.40. The van der Waals surface area contributed by atoms with Crippen LogP contribution in [0.1, 0.15) is 0 Å². The lowest BCUT2D eigenvalue weighted by Gasteiger charge is -1.96. The fraction of sp³-hybridized carbons (Fsp3) is 0.400. The molecule has 1 aromatic heterocycles. The fourth-order valence-electron chi connectivity index (χ4n) is 0.500. The topological polar surface area (TPSA) is 50.7 Å². The molecule has 0 aliphatic rings. The van der Waals surface area contributed by atoms with Crippen LogP contribution in [0.5, 0.6) is 0 Å². The van der Waals surface area contributed by atoms with Gasteiger partial charge in [0.2, 0.25) is 5.95 Å². The van der Waals surface area contributed by atoms with Crippen LogP contribution >= 0.6 is 11.8 Å². The summed E-state index contributed by atoms with van der Waals surface area (Å²) in [4.78, 5) is 11.8. The van der Waals surface area contributed by atoms with E-state index in [0.717, 1.165) is 5.16 Å². The van der Waals surface area contributed by atoms with Gasteiger partial charge >= 0.3 is 0 Å². The molecule has 1 aromatic rings. The van der Waals surface area contributed by atoms with E-state index in [1.165, 1.54) is 18.1 Å². The first-order valence-corrected chi connectivity index (χ1v) is 4.00. The Kier molecular flexibility index (Phi) is 2.44. The number of nitrogens with zero attached hydrogens (tertiary/aromatic N) is 3. The van der Waals surface area contributed by atoms with Crippen molar-refractivity contribution in [1.29, 1.82) is 0 Å².